The summed E-state index contributed by atoms with van der Waals surface area (Å²) in [6, 6.07) is 5.57. The number of carbonyl (C=O) groups excluding carboxylic acids is 1. The average molecular weight is 364 g/mol. The fourth-order valence-electron chi connectivity index (χ4n) is 2.69. The first-order valence-electron chi connectivity index (χ1n) is 8.11. The maximum absolute atomic E-state index is 12.9. The minimum absolute atomic E-state index is 0.135. The van der Waals surface area contributed by atoms with E-state index in [9.17, 15) is 4.79 Å². The van der Waals surface area contributed by atoms with Crippen molar-refractivity contribution in [3.63, 3.8) is 0 Å². The van der Waals surface area contributed by atoms with Gasteiger partial charge in [-0.2, -0.15) is 16.4 Å². The van der Waals surface area contributed by atoms with Gasteiger partial charge >= 0.3 is 0 Å². The first-order chi connectivity index (χ1) is 12.6. The van der Waals surface area contributed by atoms with Crippen LogP contribution in [0.3, 0.4) is 0 Å². The van der Waals surface area contributed by atoms with Crippen LogP contribution in [-0.2, 0) is 0 Å². The molecule has 0 radical (unpaired) electrons. The highest BCUT2D eigenvalue weighted by Crippen LogP contribution is 2.28. The van der Waals surface area contributed by atoms with Crippen LogP contribution in [0, 0.1) is 0 Å². The Balaban J connectivity index is 1.85. The minimum atomic E-state index is -0.254. The summed E-state index contributed by atoms with van der Waals surface area (Å²) in [4.78, 5) is 25.6. The van der Waals surface area contributed by atoms with E-state index >= 15 is 0 Å². The molecular formula is C18H16N6OS. The van der Waals surface area contributed by atoms with Crippen LogP contribution in [-0.4, -0.2) is 30.6 Å². The summed E-state index contributed by atoms with van der Waals surface area (Å²) in [5, 5.41) is 11.9. The molecule has 130 valence electrons. The SMILES string of the molecule is CC(C)n1ncc2c(C(=O)Nc3ccncn3)cc(-c3ccsc3)nc21. The van der Waals surface area contributed by atoms with Crippen LogP contribution >= 0.6 is 11.3 Å². The zero-order valence-electron chi connectivity index (χ0n) is 14.2. The van der Waals surface area contributed by atoms with E-state index in [-0.39, 0.29) is 11.9 Å². The fourth-order valence-corrected chi connectivity index (χ4v) is 3.34. The number of aromatic nitrogens is 5. The molecule has 0 unspecified atom stereocenters. The van der Waals surface area contributed by atoms with Gasteiger partial charge in [0.2, 0.25) is 0 Å². The average Bonchev–Trinajstić information content (AvgIpc) is 3.31. The van der Waals surface area contributed by atoms with Gasteiger partial charge in [0.15, 0.2) is 5.65 Å². The normalized spacial score (nSPS) is 11.2. The Morgan fingerprint density at radius 1 is 1.31 bits per heavy atom. The summed E-state index contributed by atoms with van der Waals surface area (Å²) in [7, 11) is 0. The monoisotopic (exact) mass is 364 g/mol. The molecule has 0 saturated carbocycles. The predicted octanol–water partition coefficient (Wildman–Crippen LogP) is 3.78. The highest BCUT2D eigenvalue weighted by Gasteiger charge is 2.19. The number of carbonyl (C=O) groups is 1. The molecule has 0 aromatic carbocycles. The second kappa shape index (κ2) is 6.64. The van der Waals surface area contributed by atoms with Crippen molar-refractivity contribution in [1.29, 1.82) is 0 Å². The number of hydrogen-bond donors (Lipinski definition) is 1. The van der Waals surface area contributed by atoms with Crippen LogP contribution in [0.4, 0.5) is 5.82 Å². The van der Waals surface area contributed by atoms with E-state index in [1.807, 2.05) is 35.4 Å². The number of pyridine rings is 1. The Labute approximate surface area is 153 Å². The van der Waals surface area contributed by atoms with E-state index in [1.54, 1.807) is 35.9 Å². The van der Waals surface area contributed by atoms with Crippen molar-refractivity contribution in [1.82, 2.24) is 24.7 Å². The van der Waals surface area contributed by atoms with Crippen LogP contribution in [0.2, 0.25) is 0 Å². The molecule has 0 saturated heterocycles. The second-order valence-corrected chi connectivity index (χ2v) is 6.82. The van der Waals surface area contributed by atoms with E-state index in [0.29, 0.717) is 22.4 Å². The molecule has 8 heteroatoms. The molecule has 4 heterocycles. The molecule has 0 aliphatic carbocycles. The summed E-state index contributed by atoms with van der Waals surface area (Å²) >= 11 is 1.59. The Bertz CT molecular complexity index is 1060. The quantitative estimate of drug-likeness (QED) is 0.595. The Kier molecular flexibility index (Phi) is 4.18. The number of nitrogens with zero attached hydrogens (tertiary/aromatic N) is 5. The summed E-state index contributed by atoms with van der Waals surface area (Å²) in [5.74, 6) is 0.194. The molecule has 0 aliphatic heterocycles. The number of anilines is 1. The number of thiophene rings is 1. The Morgan fingerprint density at radius 2 is 2.19 bits per heavy atom. The van der Waals surface area contributed by atoms with Crippen molar-refractivity contribution in [3.05, 3.63) is 53.2 Å². The van der Waals surface area contributed by atoms with Crippen LogP contribution in [0.1, 0.15) is 30.2 Å². The third-order valence-corrected chi connectivity index (χ3v) is 4.62. The molecule has 26 heavy (non-hydrogen) atoms. The van der Waals surface area contributed by atoms with Crippen molar-refractivity contribution in [2.24, 2.45) is 0 Å². The maximum Gasteiger partial charge on any atom is 0.257 e. The molecule has 0 aliphatic rings. The number of hydrogen-bond acceptors (Lipinski definition) is 6. The summed E-state index contributed by atoms with van der Waals surface area (Å²) < 4.78 is 1.83. The van der Waals surface area contributed by atoms with Crippen LogP contribution in [0.15, 0.2) is 47.7 Å². The molecule has 0 fully saturated rings. The van der Waals surface area contributed by atoms with Gasteiger partial charge in [-0.05, 0) is 37.4 Å². The van der Waals surface area contributed by atoms with Gasteiger partial charge in [-0.15, -0.1) is 0 Å². The highest BCUT2D eigenvalue weighted by molar-refractivity contribution is 7.08. The molecule has 4 aromatic heterocycles. The van der Waals surface area contributed by atoms with Gasteiger partial charge in [-0.3, -0.25) is 4.79 Å². The largest absolute Gasteiger partial charge is 0.306 e. The summed E-state index contributed by atoms with van der Waals surface area (Å²) in [6.45, 7) is 4.07. The zero-order valence-corrected chi connectivity index (χ0v) is 15.1. The van der Waals surface area contributed by atoms with Crippen molar-refractivity contribution >= 4 is 34.1 Å². The van der Waals surface area contributed by atoms with Gasteiger partial charge in [-0.25, -0.2) is 19.6 Å². The van der Waals surface area contributed by atoms with Gasteiger partial charge in [0.1, 0.15) is 12.1 Å². The van der Waals surface area contributed by atoms with Gasteiger partial charge in [-0.1, -0.05) is 0 Å². The van der Waals surface area contributed by atoms with Gasteiger partial charge in [0.05, 0.1) is 22.8 Å². The number of amides is 1. The number of nitrogens with one attached hydrogen (secondary N) is 1. The number of fused-ring (bicyclic) bond motifs is 1. The highest BCUT2D eigenvalue weighted by atomic mass is 32.1. The Hall–Kier alpha value is -3.13. The van der Waals surface area contributed by atoms with Crippen LogP contribution < -0.4 is 5.32 Å². The molecule has 1 amide bonds. The van der Waals surface area contributed by atoms with Gasteiger partial charge in [0, 0.05) is 23.2 Å². The molecule has 0 bridgehead atoms. The second-order valence-electron chi connectivity index (χ2n) is 6.04. The molecule has 4 aromatic rings. The van der Waals surface area contributed by atoms with Crippen molar-refractivity contribution < 1.29 is 4.79 Å². The summed E-state index contributed by atoms with van der Waals surface area (Å²) in [5.41, 5.74) is 2.93. The standard InChI is InChI=1S/C18H16N6OS/c1-11(2)24-17-14(8-21-24)13(7-15(22-17)12-4-6-26-9-12)18(25)23-16-3-5-19-10-20-16/h3-11H,1-2H3,(H,19,20,23,25). The first kappa shape index (κ1) is 16.3. The third-order valence-electron chi connectivity index (χ3n) is 3.94. The number of rotatable bonds is 4. The van der Waals surface area contributed by atoms with Crippen molar-refractivity contribution in [3.8, 4) is 11.3 Å². The lowest BCUT2D eigenvalue weighted by atomic mass is 10.1. The fraction of sp³-hybridized carbons (Fsp3) is 0.167. The molecule has 4 rings (SSSR count). The van der Waals surface area contributed by atoms with Gasteiger partial charge < -0.3 is 5.32 Å². The lowest BCUT2D eigenvalue weighted by Crippen LogP contribution is -2.14. The Morgan fingerprint density at radius 3 is 2.88 bits per heavy atom. The zero-order chi connectivity index (χ0) is 18.1. The third kappa shape index (κ3) is 2.95. The minimum Gasteiger partial charge on any atom is -0.306 e. The van der Waals surface area contributed by atoms with Crippen LogP contribution in [0.25, 0.3) is 22.3 Å². The van der Waals surface area contributed by atoms with Gasteiger partial charge in [0.25, 0.3) is 5.91 Å². The van der Waals surface area contributed by atoms with E-state index in [4.69, 9.17) is 4.98 Å². The molecule has 0 atom stereocenters. The molecule has 0 spiro atoms. The van der Waals surface area contributed by atoms with Crippen molar-refractivity contribution in [2.45, 2.75) is 19.9 Å². The lowest BCUT2D eigenvalue weighted by molar-refractivity contribution is 0.102. The molecule has 7 nitrogen and oxygen atoms in total. The molecular weight excluding hydrogens is 348 g/mol. The predicted molar refractivity (Wildman–Crippen MR) is 101 cm³/mol. The first-order valence-corrected chi connectivity index (χ1v) is 9.06. The molecule has 1 N–H and O–H groups in total. The smallest absolute Gasteiger partial charge is 0.257 e. The van der Waals surface area contributed by atoms with Crippen LogP contribution in [0.5, 0.6) is 0 Å². The van der Waals surface area contributed by atoms with Crippen molar-refractivity contribution in [2.75, 3.05) is 5.32 Å². The van der Waals surface area contributed by atoms with E-state index in [2.05, 4.69) is 20.4 Å². The summed E-state index contributed by atoms with van der Waals surface area (Å²) in [6.07, 6.45) is 4.66. The maximum atomic E-state index is 12.9. The topological polar surface area (TPSA) is 85.6 Å². The van der Waals surface area contributed by atoms with E-state index in [1.165, 1.54) is 6.33 Å². The van der Waals surface area contributed by atoms with E-state index < -0.39 is 0 Å². The lowest BCUT2D eigenvalue weighted by Gasteiger charge is -2.10. The van der Waals surface area contributed by atoms with E-state index in [0.717, 1.165) is 11.3 Å².